The van der Waals surface area contributed by atoms with Crippen LogP contribution in [0, 0.1) is 0 Å². The second-order valence-corrected chi connectivity index (χ2v) is 2.93. The predicted octanol–water partition coefficient (Wildman–Crippen LogP) is 1.83. The lowest BCUT2D eigenvalue weighted by Gasteiger charge is -2.08. The number of aryl methyl sites for hydroxylation is 1. The summed E-state index contributed by atoms with van der Waals surface area (Å²) >= 11 is 0. The first-order valence-electron chi connectivity index (χ1n) is 4.93. The first-order valence-corrected chi connectivity index (χ1v) is 4.93. The van der Waals surface area contributed by atoms with Gasteiger partial charge >= 0.3 is 5.97 Å². The first kappa shape index (κ1) is 11.5. The molecule has 1 aromatic heterocycles. The Hall–Kier alpha value is -1.58. The molecule has 0 N–H and O–H groups in total. The van der Waals surface area contributed by atoms with Gasteiger partial charge in [-0.05, 0) is 25.5 Å². The van der Waals surface area contributed by atoms with E-state index in [2.05, 4.69) is 9.72 Å². The highest BCUT2D eigenvalue weighted by Gasteiger charge is 2.15. The van der Waals surface area contributed by atoms with Crippen LogP contribution in [0.4, 0.5) is 0 Å². The number of aromatic nitrogens is 1. The SMILES string of the molecule is CCOc1ccc(CC)nc1C(=O)OC. The largest absolute Gasteiger partial charge is 0.491 e. The summed E-state index contributed by atoms with van der Waals surface area (Å²) in [6.07, 6.45) is 0.774. The molecule has 0 aromatic carbocycles. The van der Waals surface area contributed by atoms with Crippen LogP contribution in [-0.4, -0.2) is 24.7 Å². The number of esters is 1. The van der Waals surface area contributed by atoms with Crippen molar-refractivity contribution in [3.63, 3.8) is 0 Å². The van der Waals surface area contributed by atoms with Gasteiger partial charge in [-0.15, -0.1) is 0 Å². The van der Waals surface area contributed by atoms with Crippen LogP contribution in [0.15, 0.2) is 12.1 Å². The van der Waals surface area contributed by atoms with Gasteiger partial charge in [0.2, 0.25) is 0 Å². The van der Waals surface area contributed by atoms with Gasteiger partial charge in [-0.25, -0.2) is 9.78 Å². The van der Waals surface area contributed by atoms with Gasteiger partial charge in [-0.3, -0.25) is 0 Å². The molecular formula is C11H15NO3. The van der Waals surface area contributed by atoms with Gasteiger partial charge in [0.05, 0.1) is 13.7 Å². The van der Waals surface area contributed by atoms with E-state index >= 15 is 0 Å². The molecule has 0 unspecified atom stereocenters. The first-order chi connectivity index (χ1) is 7.22. The summed E-state index contributed by atoms with van der Waals surface area (Å²) in [6.45, 7) is 4.33. The normalized spacial score (nSPS) is 9.80. The van der Waals surface area contributed by atoms with E-state index in [9.17, 15) is 4.79 Å². The van der Waals surface area contributed by atoms with Gasteiger partial charge in [-0.1, -0.05) is 6.92 Å². The fourth-order valence-corrected chi connectivity index (χ4v) is 1.20. The van der Waals surface area contributed by atoms with E-state index in [-0.39, 0.29) is 5.69 Å². The molecular weight excluding hydrogens is 194 g/mol. The lowest BCUT2D eigenvalue weighted by atomic mass is 10.2. The third kappa shape index (κ3) is 2.68. The van der Waals surface area contributed by atoms with Gasteiger partial charge < -0.3 is 9.47 Å². The van der Waals surface area contributed by atoms with Gasteiger partial charge in [0, 0.05) is 5.69 Å². The summed E-state index contributed by atoms with van der Waals surface area (Å²) in [6, 6.07) is 3.60. The number of ether oxygens (including phenoxy) is 2. The number of nitrogens with zero attached hydrogens (tertiary/aromatic N) is 1. The van der Waals surface area contributed by atoms with Crippen molar-refractivity contribution < 1.29 is 14.3 Å². The molecule has 0 bridgehead atoms. The average molecular weight is 209 g/mol. The van der Waals surface area contributed by atoms with Crippen molar-refractivity contribution in [2.45, 2.75) is 20.3 Å². The Bertz CT molecular complexity index is 350. The monoisotopic (exact) mass is 209 g/mol. The number of methoxy groups -OCH3 is 1. The van der Waals surface area contributed by atoms with E-state index in [0.29, 0.717) is 12.4 Å². The summed E-state index contributed by atoms with van der Waals surface area (Å²) in [5.41, 5.74) is 1.09. The highest BCUT2D eigenvalue weighted by atomic mass is 16.5. The lowest BCUT2D eigenvalue weighted by Crippen LogP contribution is -2.09. The van der Waals surface area contributed by atoms with E-state index in [1.54, 1.807) is 6.07 Å². The van der Waals surface area contributed by atoms with Gasteiger partial charge in [-0.2, -0.15) is 0 Å². The fourth-order valence-electron chi connectivity index (χ4n) is 1.20. The maximum absolute atomic E-state index is 11.4. The van der Waals surface area contributed by atoms with Crippen LogP contribution in [0.2, 0.25) is 0 Å². The Kier molecular flexibility index (Phi) is 4.09. The highest BCUT2D eigenvalue weighted by Crippen LogP contribution is 2.18. The molecule has 1 heterocycles. The van der Waals surface area contributed by atoms with Gasteiger partial charge in [0.15, 0.2) is 11.4 Å². The molecule has 82 valence electrons. The molecule has 0 aliphatic heterocycles. The van der Waals surface area contributed by atoms with Crippen molar-refractivity contribution in [2.24, 2.45) is 0 Å². The summed E-state index contributed by atoms with van der Waals surface area (Å²) in [5.74, 6) is 0.00954. The van der Waals surface area contributed by atoms with Crippen molar-refractivity contribution in [3.8, 4) is 5.75 Å². The second kappa shape index (κ2) is 5.34. The van der Waals surface area contributed by atoms with Crippen LogP contribution in [0.25, 0.3) is 0 Å². The van der Waals surface area contributed by atoms with Gasteiger partial charge in [0.1, 0.15) is 0 Å². The molecule has 0 aliphatic rings. The number of carbonyl (C=O) groups excluding carboxylic acids is 1. The topological polar surface area (TPSA) is 48.4 Å². The van der Waals surface area contributed by atoms with E-state index in [4.69, 9.17) is 4.74 Å². The molecule has 1 aromatic rings. The van der Waals surface area contributed by atoms with Gasteiger partial charge in [0.25, 0.3) is 0 Å². The van der Waals surface area contributed by atoms with Crippen molar-refractivity contribution >= 4 is 5.97 Å². The van der Waals surface area contributed by atoms with Crippen LogP contribution in [0.1, 0.15) is 30.0 Å². The number of hydrogen-bond acceptors (Lipinski definition) is 4. The zero-order chi connectivity index (χ0) is 11.3. The summed E-state index contributed by atoms with van der Waals surface area (Å²) in [4.78, 5) is 15.6. The quantitative estimate of drug-likeness (QED) is 0.710. The Morgan fingerprint density at radius 2 is 2.13 bits per heavy atom. The fraction of sp³-hybridized carbons (Fsp3) is 0.455. The molecule has 4 nitrogen and oxygen atoms in total. The third-order valence-corrected chi connectivity index (χ3v) is 1.96. The Balaban J connectivity index is 3.10. The maximum atomic E-state index is 11.4. The van der Waals surface area contributed by atoms with E-state index < -0.39 is 5.97 Å². The minimum Gasteiger partial charge on any atom is -0.491 e. The Labute approximate surface area is 89.2 Å². The molecule has 0 radical (unpaired) electrons. The van der Waals surface area contributed by atoms with Crippen LogP contribution < -0.4 is 4.74 Å². The number of rotatable bonds is 4. The van der Waals surface area contributed by atoms with Crippen LogP contribution in [-0.2, 0) is 11.2 Å². The Morgan fingerprint density at radius 1 is 1.40 bits per heavy atom. The number of hydrogen-bond donors (Lipinski definition) is 0. The molecule has 0 atom stereocenters. The minimum atomic E-state index is -0.464. The number of pyridine rings is 1. The molecule has 1 rings (SSSR count). The molecule has 0 amide bonds. The standard InChI is InChI=1S/C11H15NO3/c1-4-8-6-7-9(15-5-2)10(12-8)11(13)14-3/h6-7H,4-5H2,1-3H3. The molecule has 0 saturated carbocycles. The van der Waals surface area contributed by atoms with E-state index in [1.807, 2.05) is 19.9 Å². The third-order valence-electron chi connectivity index (χ3n) is 1.96. The van der Waals surface area contributed by atoms with E-state index in [1.165, 1.54) is 7.11 Å². The van der Waals surface area contributed by atoms with Crippen LogP contribution >= 0.6 is 0 Å². The predicted molar refractivity (Wildman–Crippen MR) is 56.1 cm³/mol. The summed E-state index contributed by atoms with van der Waals surface area (Å²) < 4.78 is 9.94. The Morgan fingerprint density at radius 3 is 2.67 bits per heavy atom. The second-order valence-electron chi connectivity index (χ2n) is 2.93. The molecule has 15 heavy (non-hydrogen) atoms. The van der Waals surface area contributed by atoms with Crippen molar-refractivity contribution in [1.29, 1.82) is 0 Å². The minimum absolute atomic E-state index is 0.249. The van der Waals surface area contributed by atoms with Crippen molar-refractivity contribution in [1.82, 2.24) is 4.98 Å². The maximum Gasteiger partial charge on any atom is 0.360 e. The average Bonchev–Trinajstić information content (AvgIpc) is 2.29. The van der Waals surface area contributed by atoms with Crippen molar-refractivity contribution in [3.05, 3.63) is 23.5 Å². The summed E-state index contributed by atoms with van der Waals surface area (Å²) in [5, 5.41) is 0. The number of carbonyl (C=O) groups is 1. The molecule has 4 heteroatoms. The highest BCUT2D eigenvalue weighted by molar-refractivity contribution is 5.90. The molecule has 0 saturated heterocycles. The zero-order valence-electron chi connectivity index (χ0n) is 9.24. The lowest BCUT2D eigenvalue weighted by molar-refractivity contribution is 0.0589. The molecule has 0 spiro atoms. The van der Waals surface area contributed by atoms with Crippen LogP contribution in [0.3, 0.4) is 0 Å². The van der Waals surface area contributed by atoms with Crippen LogP contribution in [0.5, 0.6) is 5.75 Å². The smallest absolute Gasteiger partial charge is 0.360 e. The van der Waals surface area contributed by atoms with Crippen molar-refractivity contribution in [2.75, 3.05) is 13.7 Å². The van der Waals surface area contributed by atoms with E-state index in [0.717, 1.165) is 12.1 Å². The molecule has 0 aliphatic carbocycles. The molecule has 0 fully saturated rings. The zero-order valence-corrected chi connectivity index (χ0v) is 9.24. The summed E-state index contributed by atoms with van der Waals surface area (Å²) in [7, 11) is 1.33.